The Labute approximate surface area is 100 Å². The second-order valence-corrected chi connectivity index (χ2v) is 4.72. The van der Waals surface area contributed by atoms with E-state index in [4.69, 9.17) is 5.73 Å². The number of nitrogens with zero attached hydrogens (tertiary/aromatic N) is 1. The van der Waals surface area contributed by atoms with Crippen molar-refractivity contribution in [2.45, 2.75) is 38.8 Å². The second kappa shape index (κ2) is 4.45. The molecule has 0 bridgehead atoms. The predicted octanol–water partition coefficient (Wildman–Crippen LogP) is 1.84. The summed E-state index contributed by atoms with van der Waals surface area (Å²) >= 11 is 0. The van der Waals surface area contributed by atoms with Crippen molar-refractivity contribution in [3.63, 3.8) is 0 Å². The molecule has 0 aliphatic carbocycles. The van der Waals surface area contributed by atoms with Crippen molar-refractivity contribution < 1.29 is 9.18 Å². The molecule has 1 heterocycles. The number of anilines is 1. The van der Waals surface area contributed by atoms with E-state index in [1.807, 2.05) is 13.8 Å². The van der Waals surface area contributed by atoms with Crippen LogP contribution in [-0.4, -0.2) is 18.0 Å². The number of hydrogen-bond acceptors (Lipinski definition) is 2. The Morgan fingerprint density at radius 3 is 2.82 bits per heavy atom. The van der Waals surface area contributed by atoms with Crippen LogP contribution in [-0.2, 0) is 11.2 Å². The van der Waals surface area contributed by atoms with Crippen molar-refractivity contribution in [3.05, 3.63) is 29.6 Å². The first-order valence-corrected chi connectivity index (χ1v) is 5.88. The minimum absolute atomic E-state index is 0.0239. The van der Waals surface area contributed by atoms with Gasteiger partial charge in [0, 0.05) is 11.7 Å². The van der Waals surface area contributed by atoms with Crippen LogP contribution in [0.5, 0.6) is 0 Å². The van der Waals surface area contributed by atoms with Gasteiger partial charge in [-0.3, -0.25) is 4.79 Å². The predicted molar refractivity (Wildman–Crippen MR) is 65.3 cm³/mol. The number of carbonyl (C=O) groups is 1. The summed E-state index contributed by atoms with van der Waals surface area (Å²) in [4.78, 5) is 13.8. The molecule has 92 valence electrons. The third-order valence-electron chi connectivity index (χ3n) is 3.10. The number of amides is 1. The minimum atomic E-state index is -0.493. The molecule has 0 saturated heterocycles. The van der Waals surface area contributed by atoms with Gasteiger partial charge in [0.05, 0.1) is 6.04 Å². The maximum Gasteiger partial charge on any atom is 0.244 e. The van der Waals surface area contributed by atoms with Gasteiger partial charge in [-0.15, -0.1) is 0 Å². The fraction of sp³-hybridized carbons (Fsp3) is 0.462. The van der Waals surface area contributed by atoms with Crippen molar-refractivity contribution in [1.29, 1.82) is 0 Å². The summed E-state index contributed by atoms with van der Waals surface area (Å²) in [6, 6.07) is 4.08. The summed E-state index contributed by atoms with van der Waals surface area (Å²) in [5.41, 5.74) is 7.49. The fourth-order valence-corrected chi connectivity index (χ4v) is 2.25. The third-order valence-corrected chi connectivity index (χ3v) is 3.10. The first kappa shape index (κ1) is 12.0. The molecule has 2 rings (SSSR count). The third kappa shape index (κ3) is 2.17. The number of rotatable bonds is 1. The van der Waals surface area contributed by atoms with Crippen molar-refractivity contribution in [2.24, 2.45) is 5.73 Å². The van der Waals surface area contributed by atoms with E-state index in [0.29, 0.717) is 12.8 Å². The summed E-state index contributed by atoms with van der Waals surface area (Å²) in [5, 5.41) is 0. The van der Waals surface area contributed by atoms with E-state index in [-0.39, 0.29) is 17.8 Å². The maximum absolute atomic E-state index is 13.2. The molecule has 0 saturated carbocycles. The summed E-state index contributed by atoms with van der Waals surface area (Å²) < 4.78 is 13.2. The quantitative estimate of drug-likeness (QED) is 0.808. The van der Waals surface area contributed by atoms with Crippen molar-refractivity contribution in [1.82, 2.24) is 0 Å². The zero-order chi connectivity index (χ0) is 12.6. The topological polar surface area (TPSA) is 46.3 Å². The average Bonchev–Trinajstić information content (AvgIpc) is 2.38. The van der Waals surface area contributed by atoms with Gasteiger partial charge in [-0.25, -0.2) is 4.39 Å². The minimum Gasteiger partial charge on any atom is -0.320 e. The van der Waals surface area contributed by atoms with Gasteiger partial charge in [-0.2, -0.15) is 0 Å². The molecular weight excluding hydrogens is 219 g/mol. The normalized spacial score (nSPS) is 20.4. The number of carbonyl (C=O) groups excluding carboxylic acids is 1. The molecule has 1 atom stereocenters. The molecule has 0 spiro atoms. The highest BCUT2D eigenvalue weighted by Gasteiger charge is 2.29. The molecule has 3 nitrogen and oxygen atoms in total. The van der Waals surface area contributed by atoms with Gasteiger partial charge in [0.1, 0.15) is 5.82 Å². The van der Waals surface area contributed by atoms with Crippen LogP contribution >= 0.6 is 0 Å². The molecule has 1 aromatic rings. The first-order chi connectivity index (χ1) is 8.00. The largest absolute Gasteiger partial charge is 0.320 e. The van der Waals surface area contributed by atoms with E-state index in [1.54, 1.807) is 11.0 Å². The molecule has 0 aromatic heterocycles. The Hall–Kier alpha value is -1.42. The van der Waals surface area contributed by atoms with E-state index in [2.05, 4.69) is 0 Å². The van der Waals surface area contributed by atoms with Crippen LogP contribution in [0.1, 0.15) is 25.8 Å². The lowest BCUT2D eigenvalue weighted by atomic mass is 10.1. The lowest BCUT2D eigenvalue weighted by Gasteiger charge is -2.28. The molecule has 0 fully saturated rings. The van der Waals surface area contributed by atoms with E-state index < -0.39 is 6.04 Å². The Balaban J connectivity index is 2.52. The zero-order valence-corrected chi connectivity index (χ0v) is 10.1. The highest BCUT2D eigenvalue weighted by atomic mass is 19.1. The summed E-state index contributed by atoms with van der Waals surface area (Å²) in [6.07, 6.45) is 1.21. The van der Waals surface area contributed by atoms with Gasteiger partial charge in [0.2, 0.25) is 5.91 Å². The van der Waals surface area contributed by atoms with Crippen LogP contribution in [0.4, 0.5) is 10.1 Å². The fourth-order valence-electron chi connectivity index (χ4n) is 2.25. The number of nitrogens with two attached hydrogens (primary N) is 1. The molecule has 2 N–H and O–H groups in total. The smallest absolute Gasteiger partial charge is 0.244 e. The number of hydrogen-bond donors (Lipinski definition) is 1. The number of aryl methyl sites for hydroxylation is 1. The van der Waals surface area contributed by atoms with Gasteiger partial charge in [-0.1, -0.05) is 0 Å². The highest BCUT2D eigenvalue weighted by Crippen LogP contribution is 2.28. The van der Waals surface area contributed by atoms with Gasteiger partial charge in [0.25, 0.3) is 0 Å². The van der Waals surface area contributed by atoms with E-state index in [9.17, 15) is 9.18 Å². The lowest BCUT2D eigenvalue weighted by Crippen LogP contribution is -2.46. The second-order valence-electron chi connectivity index (χ2n) is 4.72. The Morgan fingerprint density at radius 1 is 1.47 bits per heavy atom. The molecule has 1 unspecified atom stereocenters. The van der Waals surface area contributed by atoms with E-state index in [1.165, 1.54) is 12.1 Å². The van der Waals surface area contributed by atoms with Crippen LogP contribution in [0.15, 0.2) is 18.2 Å². The van der Waals surface area contributed by atoms with Crippen LogP contribution in [0.25, 0.3) is 0 Å². The zero-order valence-electron chi connectivity index (χ0n) is 10.1. The van der Waals surface area contributed by atoms with Gasteiger partial charge in [-0.05, 0) is 50.5 Å². The number of benzene rings is 1. The highest BCUT2D eigenvalue weighted by molar-refractivity contribution is 5.98. The van der Waals surface area contributed by atoms with Crippen molar-refractivity contribution >= 4 is 11.6 Å². The molecule has 4 heteroatoms. The molecular formula is C13H17FN2O. The molecule has 1 amide bonds. The van der Waals surface area contributed by atoms with Gasteiger partial charge >= 0.3 is 0 Å². The maximum atomic E-state index is 13.2. The Bertz CT molecular complexity index is 445. The van der Waals surface area contributed by atoms with Gasteiger partial charge < -0.3 is 10.6 Å². The molecule has 1 aliphatic rings. The van der Waals surface area contributed by atoms with Crippen molar-refractivity contribution in [3.8, 4) is 0 Å². The van der Waals surface area contributed by atoms with Crippen LogP contribution in [0.2, 0.25) is 0 Å². The monoisotopic (exact) mass is 236 g/mol. The first-order valence-electron chi connectivity index (χ1n) is 5.88. The molecule has 1 aromatic carbocycles. The van der Waals surface area contributed by atoms with Crippen LogP contribution in [0, 0.1) is 5.82 Å². The Kier molecular flexibility index (Phi) is 3.15. The number of halogens is 1. The standard InChI is InChI=1S/C13H17FN2O/c1-8(2)16-12-6-4-10(14)7-9(12)3-5-11(15)13(16)17/h4,6-8,11H,3,5,15H2,1-2H3. The average molecular weight is 236 g/mol. The van der Waals surface area contributed by atoms with Crippen LogP contribution in [0.3, 0.4) is 0 Å². The summed E-state index contributed by atoms with van der Waals surface area (Å²) in [5.74, 6) is -0.347. The van der Waals surface area contributed by atoms with Gasteiger partial charge in [0.15, 0.2) is 0 Å². The van der Waals surface area contributed by atoms with E-state index in [0.717, 1.165) is 11.3 Å². The SMILES string of the molecule is CC(C)N1C(=O)C(N)CCc2cc(F)ccc21. The summed E-state index contributed by atoms with van der Waals surface area (Å²) in [6.45, 7) is 3.87. The Morgan fingerprint density at radius 2 is 2.18 bits per heavy atom. The van der Waals surface area contributed by atoms with Crippen LogP contribution < -0.4 is 10.6 Å². The lowest BCUT2D eigenvalue weighted by molar-refractivity contribution is -0.120. The molecule has 0 radical (unpaired) electrons. The summed E-state index contributed by atoms with van der Waals surface area (Å²) in [7, 11) is 0. The molecule has 17 heavy (non-hydrogen) atoms. The van der Waals surface area contributed by atoms with E-state index >= 15 is 0 Å². The number of fused-ring (bicyclic) bond motifs is 1. The van der Waals surface area contributed by atoms with Crippen molar-refractivity contribution in [2.75, 3.05) is 4.90 Å². The molecule has 1 aliphatic heterocycles.